The van der Waals surface area contributed by atoms with Crippen LogP contribution in [0.5, 0.6) is 11.5 Å². The van der Waals surface area contributed by atoms with Crippen molar-refractivity contribution in [2.45, 2.75) is 44.9 Å². The summed E-state index contributed by atoms with van der Waals surface area (Å²) < 4.78 is 11.3. The Morgan fingerprint density at radius 2 is 1.85 bits per heavy atom. The van der Waals surface area contributed by atoms with E-state index in [2.05, 4.69) is 10.3 Å². The number of aliphatic carboxylic acids is 1. The number of pyridine rings is 1. The Kier molecular flexibility index (Phi) is 6.65. The molecule has 0 aliphatic heterocycles. The number of benzene rings is 1. The number of nitrogens with zero attached hydrogens (tertiary/aromatic N) is 1. The molecule has 0 unspecified atom stereocenters. The second-order valence-electron chi connectivity index (χ2n) is 6.90. The standard InChI is InChI=1S/C21H26N2O4/c1-26-20-12-16(13-23-18-5-3-17(4-6-18)21(24)25)2-7-19(20)27-14-15-8-10-22-11-9-15/h2,7-12,17-18,23H,3-6,13-14H2,1H3,(H,24,25). The molecule has 6 nitrogen and oxygen atoms in total. The SMILES string of the molecule is COc1cc(CNC2CCC(C(=O)O)CC2)ccc1OCc1ccncc1. The molecule has 1 aliphatic rings. The maximum atomic E-state index is 11.0. The van der Waals surface area contributed by atoms with E-state index in [-0.39, 0.29) is 5.92 Å². The van der Waals surface area contributed by atoms with Gasteiger partial charge in [-0.25, -0.2) is 0 Å². The van der Waals surface area contributed by atoms with E-state index in [4.69, 9.17) is 14.6 Å². The minimum absolute atomic E-state index is 0.181. The van der Waals surface area contributed by atoms with Gasteiger partial charge >= 0.3 is 5.97 Å². The van der Waals surface area contributed by atoms with Crippen LogP contribution in [0.1, 0.15) is 36.8 Å². The lowest BCUT2D eigenvalue weighted by Crippen LogP contribution is -2.34. The molecular formula is C21H26N2O4. The number of hydrogen-bond acceptors (Lipinski definition) is 5. The lowest BCUT2D eigenvalue weighted by Gasteiger charge is -2.27. The molecule has 1 heterocycles. The molecule has 144 valence electrons. The molecule has 0 atom stereocenters. The van der Waals surface area contributed by atoms with Crippen LogP contribution in [0.4, 0.5) is 0 Å². The minimum atomic E-state index is -0.666. The molecule has 2 N–H and O–H groups in total. The van der Waals surface area contributed by atoms with Crippen molar-refractivity contribution in [3.05, 3.63) is 53.9 Å². The molecule has 3 rings (SSSR count). The van der Waals surface area contributed by atoms with E-state index in [1.165, 1.54) is 0 Å². The maximum absolute atomic E-state index is 11.0. The Morgan fingerprint density at radius 3 is 2.52 bits per heavy atom. The van der Waals surface area contributed by atoms with E-state index in [9.17, 15) is 4.79 Å². The summed E-state index contributed by atoms with van der Waals surface area (Å²) in [5.74, 6) is 0.568. The number of carboxylic acid groups (broad SMARTS) is 1. The maximum Gasteiger partial charge on any atom is 0.306 e. The second kappa shape index (κ2) is 9.37. The fourth-order valence-corrected chi connectivity index (χ4v) is 3.39. The number of carbonyl (C=O) groups is 1. The highest BCUT2D eigenvalue weighted by Gasteiger charge is 2.25. The highest BCUT2D eigenvalue weighted by Crippen LogP contribution is 2.29. The van der Waals surface area contributed by atoms with Gasteiger partial charge in [-0.2, -0.15) is 0 Å². The predicted octanol–water partition coefficient (Wildman–Crippen LogP) is 3.40. The van der Waals surface area contributed by atoms with Gasteiger partial charge in [0.15, 0.2) is 11.5 Å². The number of carboxylic acids is 1. The summed E-state index contributed by atoms with van der Waals surface area (Å²) in [4.78, 5) is 15.0. The Labute approximate surface area is 159 Å². The summed E-state index contributed by atoms with van der Waals surface area (Å²) in [5.41, 5.74) is 2.17. The molecule has 0 bridgehead atoms. The fraction of sp³-hybridized carbons (Fsp3) is 0.429. The topological polar surface area (TPSA) is 80.7 Å². The van der Waals surface area contributed by atoms with Crippen LogP contribution in [0.15, 0.2) is 42.7 Å². The smallest absolute Gasteiger partial charge is 0.306 e. The van der Waals surface area contributed by atoms with E-state index in [1.807, 2.05) is 30.3 Å². The third-order valence-corrected chi connectivity index (χ3v) is 5.04. The largest absolute Gasteiger partial charge is 0.493 e. The van der Waals surface area contributed by atoms with Gasteiger partial charge < -0.3 is 19.9 Å². The van der Waals surface area contributed by atoms with Gasteiger partial charge in [-0.1, -0.05) is 6.07 Å². The first-order valence-corrected chi connectivity index (χ1v) is 9.30. The summed E-state index contributed by atoms with van der Waals surface area (Å²) in [6.45, 7) is 1.19. The van der Waals surface area contributed by atoms with Crippen molar-refractivity contribution in [3.8, 4) is 11.5 Å². The van der Waals surface area contributed by atoms with Gasteiger partial charge in [-0.15, -0.1) is 0 Å². The zero-order valence-electron chi connectivity index (χ0n) is 15.6. The van der Waals surface area contributed by atoms with Crippen LogP contribution in [0, 0.1) is 5.92 Å². The Morgan fingerprint density at radius 1 is 1.11 bits per heavy atom. The molecule has 0 amide bonds. The number of nitrogens with one attached hydrogen (secondary N) is 1. The number of methoxy groups -OCH3 is 1. The molecule has 0 radical (unpaired) electrons. The first-order chi connectivity index (χ1) is 13.2. The number of ether oxygens (including phenoxy) is 2. The zero-order chi connectivity index (χ0) is 19.1. The minimum Gasteiger partial charge on any atom is -0.493 e. The van der Waals surface area contributed by atoms with Crippen molar-refractivity contribution in [2.24, 2.45) is 5.92 Å². The zero-order valence-corrected chi connectivity index (χ0v) is 15.6. The van der Waals surface area contributed by atoms with Crippen LogP contribution in [0.2, 0.25) is 0 Å². The van der Waals surface area contributed by atoms with Crippen molar-refractivity contribution in [1.29, 1.82) is 0 Å². The normalized spacial score (nSPS) is 19.4. The molecule has 0 spiro atoms. The number of aromatic nitrogens is 1. The molecule has 1 aromatic carbocycles. The molecule has 1 saturated carbocycles. The highest BCUT2D eigenvalue weighted by molar-refractivity contribution is 5.70. The van der Waals surface area contributed by atoms with Crippen LogP contribution in [-0.4, -0.2) is 29.2 Å². The van der Waals surface area contributed by atoms with Gasteiger partial charge in [-0.3, -0.25) is 9.78 Å². The van der Waals surface area contributed by atoms with Crippen molar-refractivity contribution in [2.75, 3.05) is 7.11 Å². The highest BCUT2D eigenvalue weighted by atomic mass is 16.5. The summed E-state index contributed by atoms with van der Waals surface area (Å²) in [6.07, 6.45) is 6.79. The fourth-order valence-electron chi connectivity index (χ4n) is 3.39. The second-order valence-corrected chi connectivity index (χ2v) is 6.90. The average Bonchev–Trinajstić information content (AvgIpc) is 2.72. The molecule has 1 aromatic heterocycles. The van der Waals surface area contributed by atoms with Gasteiger partial charge in [0.25, 0.3) is 0 Å². The quantitative estimate of drug-likeness (QED) is 0.741. The predicted molar refractivity (Wildman–Crippen MR) is 102 cm³/mol. The van der Waals surface area contributed by atoms with E-state index < -0.39 is 5.97 Å². The first-order valence-electron chi connectivity index (χ1n) is 9.30. The first kappa shape index (κ1) is 19.2. The Hall–Kier alpha value is -2.60. The summed E-state index contributed by atoms with van der Waals surface area (Å²) in [7, 11) is 1.64. The van der Waals surface area contributed by atoms with E-state index >= 15 is 0 Å². The van der Waals surface area contributed by atoms with Gasteiger partial charge in [0.05, 0.1) is 13.0 Å². The Balaban J connectivity index is 1.52. The van der Waals surface area contributed by atoms with Gasteiger partial charge in [0, 0.05) is 25.0 Å². The monoisotopic (exact) mass is 370 g/mol. The van der Waals surface area contributed by atoms with Crippen LogP contribution in [-0.2, 0) is 17.9 Å². The van der Waals surface area contributed by atoms with Gasteiger partial charge in [-0.05, 0) is 61.1 Å². The van der Waals surface area contributed by atoms with E-state index in [1.54, 1.807) is 19.5 Å². The van der Waals surface area contributed by atoms with Crippen LogP contribution >= 0.6 is 0 Å². The van der Waals surface area contributed by atoms with Crippen molar-refractivity contribution < 1.29 is 19.4 Å². The summed E-state index contributed by atoms with van der Waals surface area (Å²) in [5, 5.41) is 12.6. The molecule has 0 saturated heterocycles. The molecule has 1 aliphatic carbocycles. The molecule has 1 fully saturated rings. The Bertz CT molecular complexity index is 743. The molecule has 27 heavy (non-hydrogen) atoms. The van der Waals surface area contributed by atoms with Crippen molar-refractivity contribution >= 4 is 5.97 Å². The van der Waals surface area contributed by atoms with Crippen LogP contribution in [0.3, 0.4) is 0 Å². The summed E-state index contributed by atoms with van der Waals surface area (Å²) >= 11 is 0. The number of rotatable bonds is 8. The lowest BCUT2D eigenvalue weighted by molar-refractivity contribution is -0.142. The number of hydrogen-bond donors (Lipinski definition) is 2. The molecule has 6 heteroatoms. The van der Waals surface area contributed by atoms with Gasteiger partial charge in [0.2, 0.25) is 0 Å². The third-order valence-electron chi connectivity index (χ3n) is 5.04. The molecule has 2 aromatic rings. The summed E-state index contributed by atoms with van der Waals surface area (Å²) in [6, 6.07) is 10.2. The van der Waals surface area contributed by atoms with Crippen LogP contribution in [0.25, 0.3) is 0 Å². The van der Waals surface area contributed by atoms with Crippen molar-refractivity contribution in [1.82, 2.24) is 10.3 Å². The lowest BCUT2D eigenvalue weighted by atomic mass is 9.86. The van der Waals surface area contributed by atoms with Crippen molar-refractivity contribution in [3.63, 3.8) is 0 Å². The van der Waals surface area contributed by atoms with E-state index in [0.29, 0.717) is 24.1 Å². The van der Waals surface area contributed by atoms with E-state index in [0.717, 1.165) is 43.4 Å². The van der Waals surface area contributed by atoms with Gasteiger partial charge in [0.1, 0.15) is 6.61 Å². The van der Waals surface area contributed by atoms with Crippen LogP contribution < -0.4 is 14.8 Å². The third kappa shape index (κ3) is 5.44. The average molecular weight is 370 g/mol. The molecular weight excluding hydrogens is 344 g/mol.